The van der Waals surface area contributed by atoms with E-state index in [1.165, 1.54) is 11.1 Å². The van der Waals surface area contributed by atoms with Crippen molar-refractivity contribution in [3.63, 3.8) is 0 Å². The van der Waals surface area contributed by atoms with Gasteiger partial charge in [0.05, 0.1) is 20.3 Å². The first-order chi connectivity index (χ1) is 15.0. The van der Waals surface area contributed by atoms with Crippen molar-refractivity contribution < 1.29 is 14.3 Å². The molecule has 8 nitrogen and oxygen atoms in total. The van der Waals surface area contributed by atoms with E-state index in [2.05, 4.69) is 32.2 Å². The Labute approximate surface area is 209 Å². The zero-order chi connectivity index (χ0) is 22.4. The number of hydrogen-bond acceptors (Lipinski definition) is 5. The number of fused-ring (bicyclic) bond motifs is 1. The summed E-state index contributed by atoms with van der Waals surface area (Å²) in [5.41, 5.74) is 2.55. The molecule has 1 amide bonds. The van der Waals surface area contributed by atoms with E-state index in [1.807, 2.05) is 21.1 Å². The maximum Gasteiger partial charge on any atom is 0.239 e. The van der Waals surface area contributed by atoms with Crippen LogP contribution in [-0.4, -0.2) is 94.1 Å². The van der Waals surface area contributed by atoms with Gasteiger partial charge in [0.25, 0.3) is 0 Å². The van der Waals surface area contributed by atoms with Crippen LogP contribution in [0, 0.1) is 0 Å². The number of halogens is 1. The molecule has 2 aliphatic rings. The van der Waals surface area contributed by atoms with E-state index < -0.39 is 0 Å². The van der Waals surface area contributed by atoms with E-state index in [-0.39, 0.29) is 35.9 Å². The summed E-state index contributed by atoms with van der Waals surface area (Å²) in [6.45, 7) is 4.47. The predicted octanol–water partition coefficient (Wildman–Crippen LogP) is 2.20. The molecule has 1 aromatic carbocycles. The Kier molecular flexibility index (Phi) is 10.3. The minimum Gasteiger partial charge on any atom is -0.493 e. The van der Waals surface area contributed by atoms with Gasteiger partial charge in [-0.25, -0.2) is 0 Å². The van der Waals surface area contributed by atoms with E-state index in [1.54, 1.807) is 19.1 Å². The maximum atomic E-state index is 12.4. The lowest BCUT2D eigenvalue weighted by atomic mass is 9.99. The van der Waals surface area contributed by atoms with Crippen LogP contribution in [-0.2, 0) is 17.8 Å². The summed E-state index contributed by atoms with van der Waals surface area (Å²) in [6.07, 6.45) is 3.98. The number of methoxy groups -OCH3 is 2. The van der Waals surface area contributed by atoms with Crippen LogP contribution >= 0.6 is 24.0 Å². The van der Waals surface area contributed by atoms with E-state index in [0.29, 0.717) is 0 Å². The topological polar surface area (TPSA) is 69.6 Å². The van der Waals surface area contributed by atoms with Crippen LogP contribution in [0.25, 0.3) is 0 Å². The van der Waals surface area contributed by atoms with Crippen LogP contribution in [0.2, 0.25) is 0 Å². The number of hydrogen-bond donors (Lipinski definition) is 1. The average molecular weight is 559 g/mol. The second-order valence-corrected chi connectivity index (χ2v) is 8.40. The Morgan fingerprint density at radius 2 is 1.88 bits per heavy atom. The molecule has 32 heavy (non-hydrogen) atoms. The van der Waals surface area contributed by atoms with Crippen molar-refractivity contribution >= 4 is 35.8 Å². The van der Waals surface area contributed by atoms with Crippen molar-refractivity contribution in [2.75, 3.05) is 61.5 Å². The SMILES string of the molecule is CN=C(NCCCN1CCCC1C(=O)N(C)C)N1CCc2cc(OC)c(OC)cc2C1.I. The Balaban J connectivity index is 0.00000363. The van der Waals surface area contributed by atoms with E-state index in [0.717, 1.165) is 75.9 Å². The Morgan fingerprint density at radius 1 is 1.19 bits per heavy atom. The molecule has 0 spiro atoms. The number of aliphatic imine (C=N–C) groups is 1. The summed E-state index contributed by atoms with van der Waals surface area (Å²) in [7, 11) is 8.85. The summed E-state index contributed by atoms with van der Waals surface area (Å²) >= 11 is 0. The number of carbonyl (C=O) groups excluding carboxylic acids is 1. The highest BCUT2D eigenvalue weighted by Crippen LogP contribution is 2.33. The molecule has 0 radical (unpaired) electrons. The third kappa shape index (κ3) is 6.18. The molecule has 1 aromatic rings. The molecule has 1 fully saturated rings. The number of ether oxygens (including phenoxy) is 2. The van der Waals surface area contributed by atoms with Crippen LogP contribution in [0.3, 0.4) is 0 Å². The van der Waals surface area contributed by atoms with E-state index >= 15 is 0 Å². The zero-order valence-corrected chi connectivity index (χ0v) is 22.3. The monoisotopic (exact) mass is 559 g/mol. The third-order valence-corrected chi connectivity index (χ3v) is 6.22. The lowest BCUT2D eigenvalue weighted by Gasteiger charge is -2.32. The number of amides is 1. The van der Waals surface area contributed by atoms with Gasteiger partial charge < -0.3 is 24.6 Å². The molecule has 3 rings (SSSR count). The van der Waals surface area contributed by atoms with Gasteiger partial charge in [0.15, 0.2) is 17.5 Å². The van der Waals surface area contributed by atoms with Crippen LogP contribution in [0.5, 0.6) is 11.5 Å². The van der Waals surface area contributed by atoms with Crippen LogP contribution in [0.1, 0.15) is 30.4 Å². The van der Waals surface area contributed by atoms with Crippen molar-refractivity contribution in [3.8, 4) is 11.5 Å². The number of benzene rings is 1. The predicted molar refractivity (Wildman–Crippen MR) is 138 cm³/mol. The summed E-state index contributed by atoms with van der Waals surface area (Å²) in [5.74, 6) is 2.69. The number of guanidine groups is 1. The van der Waals surface area contributed by atoms with Gasteiger partial charge in [-0.3, -0.25) is 14.7 Å². The first kappa shape index (κ1) is 26.5. The molecule has 9 heteroatoms. The van der Waals surface area contributed by atoms with Gasteiger partial charge in [-0.1, -0.05) is 0 Å². The van der Waals surface area contributed by atoms with Gasteiger partial charge >= 0.3 is 0 Å². The highest BCUT2D eigenvalue weighted by molar-refractivity contribution is 14.0. The maximum absolute atomic E-state index is 12.4. The van der Waals surface area contributed by atoms with E-state index in [4.69, 9.17) is 9.47 Å². The molecule has 0 bridgehead atoms. The van der Waals surface area contributed by atoms with Crippen LogP contribution in [0.15, 0.2) is 17.1 Å². The largest absolute Gasteiger partial charge is 0.493 e. The molecule has 1 N–H and O–H groups in total. The first-order valence-corrected chi connectivity index (χ1v) is 11.1. The second kappa shape index (κ2) is 12.5. The number of nitrogens with zero attached hydrogens (tertiary/aromatic N) is 4. The molecule has 2 aliphatic heterocycles. The van der Waals surface area contributed by atoms with Crippen LogP contribution in [0.4, 0.5) is 0 Å². The molecule has 0 aliphatic carbocycles. The molecule has 0 saturated carbocycles. The standard InChI is InChI=1S/C23H37N5O3.HI/c1-24-23(25-10-7-12-27-11-6-8-19(27)22(29)26(2)3)28-13-9-17-14-20(30-4)21(31-5)15-18(17)16-28;/h14-15,19H,6-13,16H2,1-5H3,(H,24,25);1H. The van der Waals surface area contributed by atoms with E-state index in [9.17, 15) is 4.79 Å². The van der Waals surface area contributed by atoms with Gasteiger partial charge in [0.2, 0.25) is 5.91 Å². The van der Waals surface area contributed by atoms with Gasteiger partial charge in [-0.05, 0) is 55.5 Å². The smallest absolute Gasteiger partial charge is 0.239 e. The summed E-state index contributed by atoms with van der Waals surface area (Å²) < 4.78 is 10.9. The van der Waals surface area contributed by atoms with Gasteiger partial charge in [-0.15, -0.1) is 24.0 Å². The highest BCUT2D eigenvalue weighted by Gasteiger charge is 2.31. The number of likely N-dealkylation sites (N-methyl/N-ethyl adjacent to an activating group) is 1. The van der Waals surface area contributed by atoms with Crippen molar-refractivity contribution in [2.45, 2.75) is 38.3 Å². The summed E-state index contributed by atoms with van der Waals surface area (Å²) in [5, 5.41) is 3.51. The zero-order valence-electron chi connectivity index (χ0n) is 20.0. The normalized spacial score (nSPS) is 18.6. The molecule has 1 atom stereocenters. The molecule has 180 valence electrons. The average Bonchev–Trinajstić information content (AvgIpc) is 3.25. The lowest BCUT2D eigenvalue weighted by Crippen LogP contribution is -2.45. The second-order valence-electron chi connectivity index (χ2n) is 8.40. The lowest BCUT2D eigenvalue weighted by molar-refractivity contribution is -0.133. The minimum absolute atomic E-state index is 0. The van der Waals surface area contributed by atoms with Gasteiger partial charge in [0.1, 0.15) is 0 Å². The fourth-order valence-corrected chi connectivity index (χ4v) is 4.55. The Hall–Kier alpha value is -1.75. The van der Waals surface area contributed by atoms with Crippen molar-refractivity contribution in [1.29, 1.82) is 0 Å². The summed E-state index contributed by atoms with van der Waals surface area (Å²) in [4.78, 5) is 23.2. The fraction of sp³-hybridized carbons (Fsp3) is 0.652. The highest BCUT2D eigenvalue weighted by atomic mass is 127. The van der Waals surface area contributed by atoms with Crippen molar-refractivity contribution in [2.24, 2.45) is 4.99 Å². The number of likely N-dealkylation sites (tertiary alicyclic amines) is 1. The number of nitrogens with one attached hydrogen (secondary N) is 1. The minimum atomic E-state index is 0. The molecule has 1 saturated heterocycles. The first-order valence-electron chi connectivity index (χ1n) is 11.1. The molecule has 2 heterocycles. The number of carbonyl (C=O) groups is 1. The third-order valence-electron chi connectivity index (χ3n) is 6.22. The molecular formula is C23H38IN5O3. The Morgan fingerprint density at radius 3 is 2.50 bits per heavy atom. The quantitative estimate of drug-likeness (QED) is 0.239. The summed E-state index contributed by atoms with van der Waals surface area (Å²) in [6, 6.07) is 4.20. The Bertz CT molecular complexity index is 802. The van der Waals surface area contributed by atoms with Gasteiger partial charge in [0, 0.05) is 47.3 Å². The molecule has 1 unspecified atom stereocenters. The number of rotatable bonds is 7. The molecule has 0 aromatic heterocycles. The van der Waals surface area contributed by atoms with Crippen molar-refractivity contribution in [3.05, 3.63) is 23.3 Å². The van der Waals surface area contributed by atoms with Crippen LogP contribution < -0.4 is 14.8 Å². The van der Waals surface area contributed by atoms with Crippen molar-refractivity contribution in [1.82, 2.24) is 20.0 Å². The fourth-order valence-electron chi connectivity index (χ4n) is 4.55. The van der Waals surface area contributed by atoms with Gasteiger partial charge in [-0.2, -0.15) is 0 Å². The molecular weight excluding hydrogens is 521 g/mol.